The highest BCUT2D eigenvalue weighted by Crippen LogP contribution is 2.34. The minimum Gasteiger partial charge on any atom is -0.479 e. The smallest absolute Gasteiger partial charge is 0.410 e. The van der Waals surface area contributed by atoms with Crippen LogP contribution in [-0.4, -0.2) is 261 Å². The first kappa shape index (κ1) is 92.8. The van der Waals surface area contributed by atoms with Gasteiger partial charge in [0, 0.05) is 106 Å². The number of benzene rings is 2. The molecule has 32 heteroatoms. The summed E-state index contributed by atoms with van der Waals surface area (Å²) in [5, 5.41) is 63.9. The number of hydrogen-bond donors (Lipinski definition) is 9. The Morgan fingerprint density at radius 2 is 1.37 bits per heavy atom. The van der Waals surface area contributed by atoms with Crippen molar-refractivity contribution in [2.75, 3.05) is 66.9 Å². The summed E-state index contributed by atoms with van der Waals surface area (Å²) >= 11 is 0. The van der Waals surface area contributed by atoms with E-state index >= 15 is 0 Å². The number of aliphatic hydroxyl groups excluding tert-OH is 4. The Morgan fingerprint density at radius 1 is 0.721 bits per heavy atom. The molecular formula is C79H119N9O23. The quantitative estimate of drug-likeness (QED) is 0.0328. The lowest BCUT2D eigenvalue weighted by Crippen LogP contribution is -2.61. The van der Waals surface area contributed by atoms with E-state index in [9.17, 15) is 87.9 Å². The lowest BCUT2D eigenvalue weighted by molar-refractivity contribution is -0.271. The minimum atomic E-state index is -2.07. The predicted molar refractivity (Wildman–Crippen MR) is 405 cm³/mol. The summed E-state index contributed by atoms with van der Waals surface area (Å²) in [5.41, 5.74) is 0.661. The van der Waals surface area contributed by atoms with Crippen molar-refractivity contribution in [3.05, 3.63) is 71.8 Å². The third-order valence-electron chi connectivity index (χ3n) is 21.0. The van der Waals surface area contributed by atoms with Crippen LogP contribution in [0.15, 0.2) is 60.7 Å². The van der Waals surface area contributed by atoms with E-state index in [2.05, 4.69) is 21.3 Å². The van der Waals surface area contributed by atoms with Gasteiger partial charge in [-0.25, -0.2) is 9.59 Å². The number of methoxy groups -OCH3 is 2. The standard InChI is InChI=1S/C79H119N9O23/c1-15-47(6)66(59(107-13)42-63(95)87-39-25-31-57(87)71(108-14)48(7)73(100)81-49(8)67(96)52-26-19-16-20-27-52)85(11)76(103)64(45(2)3)83-75(102)65(46(4)5)86(12)79(106)109-44-51-32-33-58(110-78-70(99)68(97)69(98)72(111-78)77(104)105)56(40-51)82-60(92)36-37-80-74(101)53(28-21-17-22-30-55(91)43-84(10)50(9)89)41-54(90)29-23-18-24-38-88-61(93)34-35-62(88)94/h16,19-20,26-27,32-35,40,45-49,53,57,59,64-72,78,96-99H,15,17-18,21-25,28-31,36-39,41-44H2,1-14H3,(H,80,101)(H,81,100)(H,82,92)(H,83,102)(H,104,105)/t47-,48+,49+,53-,57?,59+,64-,65-,66-,67+,68-,69-,70+,71+,72-,78+/m0/s1. The number of carbonyl (C=O) groups is 13. The van der Waals surface area contributed by atoms with Crippen molar-refractivity contribution in [1.82, 2.24) is 40.4 Å². The van der Waals surface area contributed by atoms with E-state index in [4.69, 9.17) is 23.7 Å². The van der Waals surface area contributed by atoms with Crippen LogP contribution in [0.25, 0.3) is 0 Å². The number of likely N-dealkylation sites (N-methyl/N-ethyl adjacent to an activating group) is 3. The maximum Gasteiger partial charge on any atom is 0.410 e. The SMILES string of the molecule is CC[C@H](C)[C@@H]([C@@H](CC(=O)N1CCCC1[C@H](OC)[C@@H](C)C(=O)N[C@H](C)[C@@H](O)c1ccccc1)OC)N(C)C(=O)[C@@H](NC(=O)[C@H](C(C)C)N(C)C(=O)OCc1ccc(O[C@@H]2O[C@H](C(=O)O)[C@@H](O)[C@H](O)[C@H]2O)c(NC(=O)CCNC(=O)[C@@H](CCCCCC(=O)CN(C)C(C)=O)CC(=O)CCCCCN2C(=O)C=CC2=O)c1)C(C)C. The Labute approximate surface area is 650 Å². The van der Waals surface area contributed by atoms with Crippen LogP contribution in [0.2, 0.25) is 0 Å². The van der Waals surface area contributed by atoms with E-state index < -0.39 is 163 Å². The molecule has 0 radical (unpaired) electrons. The van der Waals surface area contributed by atoms with Crippen LogP contribution in [0.3, 0.4) is 0 Å². The molecule has 0 aromatic heterocycles. The van der Waals surface area contributed by atoms with Gasteiger partial charge in [0.15, 0.2) is 11.9 Å². The molecule has 3 aliphatic rings. The fourth-order valence-electron chi connectivity index (χ4n) is 14.2. The second-order valence-corrected chi connectivity index (χ2v) is 30.0. The number of aliphatic hydroxyl groups is 4. The average Bonchev–Trinajstić information content (AvgIpc) is 1.46. The van der Waals surface area contributed by atoms with Crippen LogP contribution in [0.5, 0.6) is 5.75 Å². The fourth-order valence-corrected chi connectivity index (χ4v) is 14.2. The summed E-state index contributed by atoms with van der Waals surface area (Å²) in [6, 6.07) is 8.68. The molecule has 3 heterocycles. The van der Waals surface area contributed by atoms with E-state index in [1.165, 1.54) is 75.4 Å². The second-order valence-electron chi connectivity index (χ2n) is 30.0. The minimum absolute atomic E-state index is 0.0458. The monoisotopic (exact) mass is 1560 g/mol. The Bertz CT molecular complexity index is 3510. The van der Waals surface area contributed by atoms with Gasteiger partial charge in [0.25, 0.3) is 11.8 Å². The Kier molecular flexibility index (Phi) is 37.7. The molecular weight excluding hydrogens is 1440 g/mol. The Morgan fingerprint density at radius 3 is 1.97 bits per heavy atom. The molecule has 10 amide bonds. The van der Waals surface area contributed by atoms with Gasteiger partial charge >= 0.3 is 12.1 Å². The second kappa shape index (κ2) is 45.0. The van der Waals surface area contributed by atoms with Crippen LogP contribution in [0, 0.1) is 29.6 Å². The molecule has 16 atom stereocenters. The molecule has 1 unspecified atom stereocenters. The van der Waals surface area contributed by atoms with E-state index in [1.807, 2.05) is 19.9 Å². The van der Waals surface area contributed by atoms with Crippen molar-refractivity contribution in [3.63, 3.8) is 0 Å². The molecule has 2 fully saturated rings. The number of likely N-dealkylation sites (tertiary alicyclic amines) is 1. The van der Waals surface area contributed by atoms with Gasteiger partial charge in [0.2, 0.25) is 47.6 Å². The van der Waals surface area contributed by atoms with Crippen LogP contribution in [0.4, 0.5) is 10.5 Å². The van der Waals surface area contributed by atoms with Gasteiger partial charge in [-0.15, -0.1) is 0 Å². The molecule has 9 N–H and O–H groups in total. The third-order valence-corrected chi connectivity index (χ3v) is 21.0. The topological polar surface area (TPSA) is 434 Å². The summed E-state index contributed by atoms with van der Waals surface area (Å²) in [5.74, 6) is -9.42. The predicted octanol–water partition coefficient (Wildman–Crippen LogP) is 4.35. The zero-order valence-corrected chi connectivity index (χ0v) is 66.6. The number of unbranched alkanes of at least 4 members (excludes halogenated alkanes) is 4. The first-order valence-electron chi connectivity index (χ1n) is 38.4. The molecule has 111 heavy (non-hydrogen) atoms. The molecule has 2 aromatic rings. The van der Waals surface area contributed by atoms with Crippen LogP contribution < -0.4 is 26.0 Å². The highest BCUT2D eigenvalue weighted by atomic mass is 16.7. The molecule has 2 saturated heterocycles. The molecule has 3 aliphatic heterocycles. The summed E-state index contributed by atoms with van der Waals surface area (Å²) in [4.78, 5) is 180. The summed E-state index contributed by atoms with van der Waals surface area (Å²) < 4.78 is 29.1. The van der Waals surface area contributed by atoms with Crippen LogP contribution in [0.1, 0.15) is 176 Å². The van der Waals surface area contributed by atoms with Crippen molar-refractivity contribution in [2.45, 2.75) is 244 Å². The van der Waals surface area contributed by atoms with Gasteiger partial charge in [-0.05, 0) is 86.5 Å². The fraction of sp³-hybridized carbons (Fsp3) is 0.658. The van der Waals surface area contributed by atoms with Gasteiger partial charge in [0.1, 0.15) is 48.5 Å². The number of carboxylic acid groups (broad SMARTS) is 1. The van der Waals surface area contributed by atoms with E-state index in [0.29, 0.717) is 69.9 Å². The number of rotatable bonds is 46. The number of aliphatic carboxylic acids is 1. The maximum absolute atomic E-state index is 15.0. The average molecular weight is 1560 g/mol. The highest BCUT2D eigenvalue weighted by molar-refractivity contribution is 6.12. The van der Waals surface area contributed by atoms with Gasteiger partial charge in [-0.3, -0.25) is 62.5 Å². The molecule has 0 aliphatic carbocycles. The number of hydrogen-bond acceptors (Lipinski definition) is 22. The number of carbonyl (C=O) groups excluding carboxylic acids is 12. The summed E-state index contributed by atoms with van der Waals surface area (Å²) in [7, 11) is 7.40. The van der Waals surface area contributed by atoms with Gasteiger partial charge in [-0.2, -0.15) is 0 Å². The van der Waals surface area contributed by atoms with Gasteiger partial charge in [-0.1, -0.05) is 111 Å². The van der Waals surface area contributed by atoms with Gasteiger partial charge < -0.3 is 85.2 Å². The molecule has 0 bridgehead atoms. The molecule has 618 valence electrons. The van der Waals surface area contributed by atoms with Crippen molar-refractivity contribution >= 4 is 82.5 Å². The number of ketones is 2. The van der Waals surface area contributed by atoms with Crippen molar-refractivity contribution < 1.29 is 112 Å². The van der Waals surface area contributed by atoms with Crippen LogP contribution >= 0.6 is 0 Å². The number of anilines is 1. The highest BCUT2D eigenvalue weighted by Gasteiger charge is 2.49. The van der Waals surface area contributed by atoms with Crippen LogP contribution in [-0.2, 0) is 83.1 Å². The van der Waals surface area contributed by atoms with Crippen molar-refractivity contribution in [1.29, 1.82) is 0 Å². The zero-order chi connectivity index (χ0) is 82.7. The number of Topliss-reactive ketones (excluding diaryl/α,β-unsaturated/α-hetero) is 2. The van der Waals surface area contributed by atoms with E-state index in [-0.39, 0.29) is 104 Å². The van der Waals surface area contributed by atoms with Gasteiger partial charge in [0.05, 0.1) is 61.0 Å². The van der Waals surface area contributed by atoms with Crippen molar-refractivity contribution in [2.24, 2.45) is 29.6 Å². The molecule has 0 saturated carbocycles. The first-order valence-corrected chi connectivity index (χ1v) is 38.4. The number of ether oxygens (including phenoxy) is 5. The summed E-state index contributed by atoms with van der Waals surface area (Å²) in [6.07, 6.45) is -6.85. The molecule has 0 spiro atoms. The molecule has 32 nitrogen and oxygen atoms in total. The van der Waals surface area contributed by atoms with E-state index in [1.54, 1.807) is 77.8 Å². The first-order chi connectivity index (χ1) is 52.5. The molecule has 2 aromatic carbocycles. The Balaban J connectivity index is 1.28. The lowest BCUT2D eigenvalue weighted by Gasteiger charge is -2.41. The number of amides is 10. The van der Waals surface area contributed by atoms with E-state index in [0.717, 1.165) is 9.80 Å². The lowest BCUT2D eigenvalue weighted by atomic mass is 9.89. The number of carboxylic acids is 1. The summed E-state index contributed by atoms with van der Waals surface area (Å²) in [6.45, 7) is 15.3. The third kappa shape index (κ3) is 27.0. The number of nitrogens with zero attached hydrogens (tertiary/aromatic N) is 5. The maximum atomic E-state index is 15.0. The molecule has 5 rings (SSSR count). The number of imide groups is 1. The van der Waals surface area contributed by atoms with Crippen molar-refractivity contribution in [3.8, 4) is 5.75 Å². The number of nitrogens with one attached hydrogen (secondary N) is 4. The zero-order valence-electron chi connectivity index (χ0n) is 66.6. The Hall–Kier alpha value is -8.79. The largest absolute Gasteiger partial charge is 0.479 e. The normalized spacial score (nSPS) is 20.4.